The number of methoxy groups -OCH3 is 1. The van der Waals surface area contributed by atoms with Gasteiger partial charge in [0.2, 0.25) is 0 Å². The van der Waals surface area contributed by atoms with Crippen LogP contribution in [0.1, 0.15) is 37.4 Å². The van der Waals surface area contributed by atoms with Crippen LogP contribution in [0.2, 0.25) is 5.15 Å². The Morgan fingerprint density at radius 1 is 1.47 bits per heavy atom. The number of hydrogen-bond donors (Lipinski definition) is 0. The molecule has 0 saturated carbocycles. The van der Waals surface area contributed by atoms with Crippen LogP contribution in [-0.4, -0.2) is 17.1 Å². The Hall–Kier alpha value is -0.740. The summed E-state index contributed by atoms with van der Waals surface area (Å²) in [5, 5.41) is -0.143. The predicted octanol–water partition coefficient (Wildman–Crippen LogP) is 3.07. The Bertz CT molecular complexity index is 323. The van der Waals surface area contributed by atoms with Crippen molar-refractivity contribution in [2.75, 3.05) is 7.11 Å². The molecule has 0 aliphatic carbocycles. The van der Waals surface area contributed by atoms with Gasteiger partial charge in [-0.2, -0.15) is 0 Å². The van der Waals surface area contributed by atoms with Gasteiger partial charge < -0.3 is 4.74 Å². The topological polar surface area (TPSA) is 35.0 Å². The molecule has 1 heterocycles. The van der Waals surface area contributed by atoms with Crippen LogP contribution >= 0.6 is 11.6 Å². The van der Waals surface area contributed by atoms with Gasteiger partial charge in [0.25, 0.3) is 0 Å². The number of halogens is 2. The van der Waals surface area contributed by atoms with Crippen LogP contribution in [0.15, 0.2) is 0 Å². The first-order chi connectivity index (χ1) is 7.10. The third kappa shape index (κ3) is 2.86. The normalized spacial score (nSPS) is 12.9. The summed E-state index contributed by atoms with van der Waals surface area (Å²) in [6.07, 6.45) is 1.51. The standard InChI is InChI=1S/C10H14ClFN2O/c1-4-5-7(15-3)10-13-6(2)8(12)9(11)14-10/h7H,4-5H2,1-3H3. The minimum absolute atomic E-state index is 0.143. The van der Waals surface area contributed by atoms with Crippen LogP contribution in [0.25, 0.3) is 0 Å². The molecule has 1 atom stereocenters. The lowest BCUT2D eigenvalue weighted by Crippen LogP contribution is -2.09. The molecule has 0 aromatic carbocycles. The van der Waals surface area contributed by atoms with Gasteiger partial charge in [-0.1, -0.05) is 24.9 Å². The first kappa shape index (κ1) is 12.3. The van der Waals surface area contributed by atoms with E-state index in [9.17, 15) is 4.39 Å². The highest BCUT2D eigenvalue weighted by Crippen LogP contribution is 2.22. The van der Waals surface area contributed by atoms with Crippen molar-refractivity contribution in [3.8, 4) is 0 Å². The maximum atomic E-state index is 13.2. The van der Waals surface area contributed by atoms with Gasteiger partial charge in [-0.3, -0.25) is 0 Å². The van der Waals surface area contributed by atoms with E-state index in [1.54, 1.807) is 14.0 Å². The van der Waals surface area contributed by atoms with Crippen LogP contribution in [0.3, 0.4) is 0 Å². The Kier molecular flexibility index (Phi) is 4.42. The zero-order valence-electron chi connectivity index (χ0n) is 9.05. The fourth-order valence-corrected chi connectivity index (χ4v) is 1.53. The summed E-state index contributed by atoms with van der Waals surface area (Å²) < 4.78 is 18.4. The zero-order chi connectivity index (χ0) is 11.4. The van der Waals surface area contributed by atoms with E-state index >= 15 is 0 Å². The molecule has 3 nitrogen and oxygen atoms in total. The molecule has 15 heavy (non-hydrogen) atoms. The molecule has 0 spiro atoms. The zero-order valence-corrected chi connectivity index (χ0v) is 9.81. The van der Waals surface area contributed by atoms with E-state index in [-0.39, 0.29) is 17.0 Å². The number of aromatic nitrogens is 2. The first-order valence-electron chi connectivity index (χ1n) is 4.82. The van der Waals surface area contributed by atoms with Gasteiger partial charge in [0.15, 0.2) is 16.8 Å². The van der Waals surface area contributed by atoms with Crippen LogP contribution in [0.4, 0.5) is 4.39 Å². The molecule has 0 amide bonds. The van der Waals surface area contributed by atoms with Crippen molar-refractivity contribution in [1.29, 1.82) is 0 Å². The molecule has 1 aromatic rings. The molecule has 0 saturated heterocycles. The van der Waals surface area contributed by atoms with E-state index in [2.05, 4.69) is 9.97 Å². The van der Waals surface area contributed by atoms with Crippen molar-refractivity contribution in [3.05, 3.63) is 22.5 Å². The van der Waals surface area contributed by atoms with E-state index in [1.807, 2.05) is 6.92 Å². The van der Waals surface area contributed by atoms with Crippen molar-refractivity contribution in [2.24, 2.45) is 0 Å². The minimum Gasteiger partial charge on any atom is -0.373 e. The molecular weight excluding hydrogens is 219 g/mol. The molecule has 0 bridgehead atoms. The second kappa shape index (κ2) is 5.37. The summed E-state index contributed by atoms with van der Waals surface area (Å²) >= 11 is 5.64. The Morgan fingerprint density at radius 3 is 2.60 bits per heavy atom. The van der Waals surface area contributed by atoms with Gasteiger partial charge in [0, 0.05) is 7.11 Å². The van der Waals surface area contributed by atoms with Crippen molar-refractivity contribution in [3.63, 3.8) is 0 Å². The van der Waals surface area contributed by atoms with Gasteiger partial charge in [-0.05, 0) is 13.3 Å². The molecule has 0 radical (unpaired) electrons. The van der Waals surface area contributed by atoms with Crippen molar-refractivity contribution >= 4 is 11.6 Å². The first-order valence-corrected chi connectivity index (χ1v) is 5.20. The summed E-state index contributed by atoms with van der Waals surface area (Å²) in [7, 11) is 1.58. The maximum absolute atomic E-state index is 13.2. The summed E-state index contributed by atoms with van der Waals surface area (Å²) in [4.78, 5) is 7.91. The largest absolute Gasteiger partial charge is 0.373 e. The second-order valence-corrected chi connectivity index (χ2v) is 3.64. The van der Waals surface area contributed by atoms with Crippen molar-refractivity contribution < 1.29 is 9.13 Å². The Balaban J connectivity index is 3.03. The number of nitrogens with zero attached hydrogens (tertiary/aromatic N) is 2. The van der Waals surface area contributed by atoms with Gasteiger partial charge in [0.1, 0.15) is 6.10 Å². The molecule has 0 aliphatic rings. The van der Waals surface area contributed by atoms with Gasteiger partial charge in [0.05, 0.1) is 5.69 Å². The highest BCUT2D eigenvalue weighted by molar-refractivity contribution is 6.29. The Labute approximate surface area is 93.6 Å². The predicted molar refractivity (Wildman–Crippen MR) is 56.4 cm³/mol. The van der Waals surface area contributed by atoms with Crippen LogP contribution < -0.4 is 0 Å². The summed E-state index contributed by atoms with van der Waals surface area (Å²) in [6.45, 7) is 3.59. The molecule has 84 valence electrons. The lowest BCUT2D eigenvalue weighted by Gasteiger charge is -2.13. The molecule has 1 rings (SSSR count). The molecule has 5 heteroatoms. The smallest absolute Gasteiger partial charge is 0.181 e. The third-order valence-electron chi connectivity index (χ3n) is 2.12. The summed E-state index contributed by atoms with van der Waals surface area (Å²) in [5.74, 6) is -0.116. The molecular formula is C10H14ClFN2O. The maximum Gasteiger partial charge on any atom is 0.181 e. The fourth-order valence-electron chi connectivity index (χ4n) is 1.30. The number of hydrogen-bond acceptors (Lipinski definition) is 3. The minimum atomic E-state index is -0.563. The van der Waals surface area contributed by atoms with E-state index in [0.717, 1.165) is 12.8 Å². The van der Waals surface area contributed by atoms with Crippen LogP contribution in [-0.2, 0) is 4.74 Å². The highest BCUT2D eigenvalue weighted by atomic mass is 35.5. The molecule has 0 fully saturated rings. The number of aryl methyl sites for hydroxylation is 1. The van der Waals surface area contributed by atoms with Gasteiger partial charge >= 0.3 is 0 Å². The highest BCUT2D eigenvalue weighted by Gasteiger charge is 2.16. The average Bonchev–Trinajstić information content (AvgIpc) is 2.22. The molecule has 0 aliphatic heterocycles. The summed E-state index contributed by atoms with van der Waals surface area (Å²) in [5.41, 5.74) is 0.253. The van der Waals surface area contributed by atoms with Gasteiger partial charge in [-0.15, -0.1) is 0 Å². The SMILES string of the molecule is CCCC(OC)c1nc(C)c(F)c(Cl)n1. The lowest BCUT2D eigenvalue weighted by atomic mass is 10.2. The lowest BCUT2D eigenvalue weighted by molar-refractivity contribution is 0.0872. The Morgan fingerprint density at radius 2 is 2.13 bits per heavy atom. The van der Waals surface area contributed by atoms with E-state index in [0.29, 0.717) is 5.82 Å². The average molecular weight is 233 g/mol. The van der Waals surface area contributed by atoms with E-state index in [4.69, 9.17) is 16.3 Å². The van der Waals surface area contributed by atoms with Crippen LogP contribution in [0, 0.1) is 12.7 Å². The van der Waals surface area contributed by atoms with Crippen molar-refractivity contribution in [1.82, 2.24) is 9.97 Å². The quantitative estimate of drug-likeness (QED) is 0.749. The number of ether oxygens (including phenoxy) is 1. The number of rotatable bonds is 4. The fraction of sp³-hybridized carbons (Fsp3) is 0.600. The van der Waals surface area contributed by atoms with Gasteiger partial charge in [-0.25, -0.2) is 14.4 Å². The molecule has 1 aromatic heterocycles. The molecule has 1 unspecified atom stereocenters. The summed E-state index contributed by atoms with van der Waals surface area (Å²) in [6, 6.07) is 0. The monoisotopic (exact) mass is 232 g/mol. The van der Waals surface area contributed by atoms with E-state index in [1.165, 1.54) is 0 Å². The van der Waals surface area contributed by atoms with E-state index < -0.39 is 5.82 Å². The second-order valence-electron chi connectivity index (χ2n) is 3.29. The third-order valence-corrected chi connectivity index (χ3v) is 2.37. The molecule has 0 N–H and O–H groups in total. The van der Waals surface area contributed by atoms with Crippen molar-refractivity contribution in [2.45, 2.75) is 32.8 Å². The van der Waals surface area contributed by atoms with Crippen LogP contribution in [0.5, 0.6) is 0 Å².